The number of alkyl halides is 3. The van der Waals surface area contributed by atoms with E-state index in [1.807, 2.05) is 0 Å². The highest BCUT2D eigenvalue weighted by atomic mass is 32.2. The number of carboxylic acids is 1. The number of fused-ring (bicyclic) bond motifs is 2. The summed E-state index contributed by atoms with van der Waals surface area (Å²) in [7, 11) is 0. The van der Waals surface area contributed by atoms with Crippen LogP contribution in [0.25, 0.3) is 0 Å². The van der Waals surface area contributed by atoms with Crippen molar-refractivity contribution in [1.29, 1.82) is 0 Å². The fourth-order valence-corrected chi connectivity index (χ4v) is 6.13. The predicted octanol–water partition coefficient (Wildman–Crippen LogP) is 2.57. The third kappa shape index (κ3) is 2.11. The summed E-state index contributed by atoms with van der Waals surface area (Å²) in [6.07, 6.45) is -3.49. The highest BCUT2D eigenvalue weighted by molar-refractivity contribution is 8.20. The molecule has 1 N–H and O–H groups in total. The number of nitrogens with zero attached hydrogens (tertiary/aromatic N) is 2. The molecule has 1 spiro atoms. The van der Waals surface area contributed by atoms with E-state index in [9.17, 15) is 18.0 Å². The molecule has 1 aliphatic heterocycles. The van der Waals surface area contributed by atoms with Crippen LogP contribution in [0.2, 0.25) is 0 Å². The number of aliphatic carboxylic acids is 1. The van der Waals surface area contributed by atoms with Gasteiger partial charge in [0.2, 0.25) is 0 Å². The molecule has 4 nitrogen and oxygen atoms in total. The first-order chi connectivity index (χ1) is 9.33. The van der Waals surface area contributed by atoms with E-state index in [4.69, 9.17) is 5.11 Å². The number of carbonyl (C=O) groups is 1. The van der Waals surface area contributed by atoms with Crippen molar-refractivity contribution >= 4 is 29.5 Å². The predicted molar refractivity (Wildman–Crippen MR) is 69.8 cm³/mol. The van der Waals surface area contributed by atoms with Gasteiger partial charge >= 0.3 is 12.1 Å². The van der Waals surface area contributed by atoms with Gasteiger partial charge < -0.3 is 5.11 Å². The normalized spacial score (nSPS) is 20.6. The van der Waals surface area contributed by atoms with Gasteiger partial charge in [-0.2, -0.15) is 18.3 Å². The van der Waals surface area contributed by atoms with E-state index in [0.717, 1.165) is 16.2 Å². The molecule has 110 valence electrons. The van der Waals surface area contributed by atoms with Crippen molar-refractivity contribution in [3.63, 3.8) is 0 Å². The average Bonchev–Trinajstić information content (AvgIpc) is 2.98. The molecule has 0 bridgehead atoms. The van der Waals surface area contributed by atoms with Crippen LogP contribution < -0.4 is 0 Å². The highest BCUT2D eigenvalue weighted by Crippen LogP contribution is 2.61. The summed E-state index contributed by atoms with van der Waals surface area (Å²) in [6.45, 7) is -0.524. The summed E-state index contributed by atoms with van der Waals surface area (Å²) in [5.74, 6) is 0.438. The molecule has 0 aromatic carbocycles. The van der Waals surface area contributed by atoms with Crippen molar-refractivity contribution in [2.75, 3.05) is 11.5 Å². The maximum Gasteiger partial charge on any atom is 0.435 e. The quantitative estimate of drug-likeness (QED) is 0.906. The van der Waals surface area contributed by atoms with Crippen LogP contribution in [0.5, 0.6) is 0 Å². The van der Waals surface area contributed by atoms with Crippen molar-refractivity contribution in [2.45, 2.75) is 29.6 Å². The highest BCUT2D eigenvalue weighted by Gasteiger charge is 2.52. The largest absolute Gasteiger partial charge is 0.480 e. The van der Waals surface area contributed by atoms with Crippen molar-refractivity contribution in [3.8, 4) is 0 Å². The molecule has 2 heterocycles. The second-order valence-corrected chi connectivity index (χ2v) is 7.72. The Morgan fingerprint density at radius 3 is 2.60 bits per heavy atom. The van der Waals surface area contributed by atoms with Crippen LogP contribution in [0.1, 0.15) is 23.4 Å². The van der Waals surface area contributed by atoms with Gasteiger partial charge in [0.15, 0.2) is 5.69 Å². The van der Waals surface area contributed by atoms with Crippen LogP contribution in [0.15, 0.2) is 0 Å². The van der Waals surface area contributed by atoms with Gasteiger partial charge in [0.1, 0.15) is 6.54 Å². The fraction of sp³-hybridized carbons (Fsp3) is 0.636. The number of carboxylic acid groups (broad SMARTS) is 1. The summed E-state index contributed by atoms with van der Waals surface area (Å²) >= 11 is 3.04. The van der Waals surface area contributed by atoms with E-state index in [1.165, 1.54) is 23.5 Å². The maximum absolute atomic E-state index is 13.2. The molecule has 1 aliphatic carbocycles. The van der Waals surface area contributed by atoms with Gasteiger partial charge in [0.25, 0.3) is 0 Å². The Kier molecular flexibility index (Phi) is 3.24. The molecule has 0 saturated carbocycles. The third-order valence-corrected chi connectivity index (χ3v) is 6.97. The molecule has 3 rings (SSSR count). The Balaban J connectivity index is 2.14. The van der Waals surface area contributed by atoms with Gasteiger partial charge in [-0.1, -0.05) is 0 Å². The van der Waals surface area contributed by atoms with Gasteiger partial charge in [0.05, 0.1) is 4.08 Å². The standard InChI is InChI=1S/C11H11F3N2O2S2/c12-11(13,14)9-8-6(16(15-9)5-7(17)18)1-2-10(8)19-3-4-20-10/h1-5H2,(H,17,18). The Hall–Kier alpha value is -0.830. The van der Waals surface area contributed by atoms with Crippen molar-refractivity contribution in [3.05, 3.63) is 17.0 Å². The molecule has 0 radical (unpaired) electrons. The fourth-order valence-electron chi connectivity index (χ4n) is 2.76. The molecule has 0 amide bonds. The van der Waals surface area contributed by atoms with Gasteiger partial charge in [-0.05, 0) is 12.8 Å². The summed E-state index contributed by atoms with van der Waals surface area (Å²) in [5.41, 5.74) is -0.270. The second-order valence-electron chi connectivity index (χ2n) is 4.67. The second kappa shape index (κ2) is 4.59. The Morgan fingerprint density at radius 2 is 2.05 bits per heavy atom. The lowest BCUT2D eigenvalue weighted by atomic mass is 10.2. The lowest BCUT2D eigenvalue weighted by Gasteiger charge is -2.22. The smallest absolute Gasteiger partial charge is 0.435 e. The van der Waals surface area contributed by atoms with E-state index in [-0.39, 0.29) is 5.56 Å². The molecule has 1 aromatic rings. The molecular formula is C11H11F3N2O2S2. The molecule has 1 fully saturated rings. The first-order valence-electron chi connectivity index (χ1n) is 6.00. The minimum Gasteiger partial charge on any atom is -0.480 e. The number of aromatic nitrogens is 2. The van der Waals surface area contributed by atoms with Gasteiger partial charge in [-0.3, -0.25) is 9.48 Å². The monoisotopic (exact) mass is 324 g/mol. The lowest BCUT2D eigenvalue weighted by molar-refractivity contribution is -0.143. The van der Waals surface area contributed by atoms with Crippen LogP contribution >= 0.6 is 23.5 Å². The topological polar surface area (TPSA) is 55.1 Å². The Bertz CT molecular complexity index is 565. The van der Waals surface area contributed by atoms with Gasteiger partial charge in [-0.15, -0.1) is 23.5 Å². The molecule has 2 aliphatic rings. The number of thioether (sulfide) groups is 2. The van der Waals surface area contributed by atoms with Crippen molar-refractivity contribution in [1.82, 2.24) is 9.78 Å². The molecule has 0 unspecified atom stereocenters. The van der Waals surface area contributed by atoms with E-state index < -0.39 is 28.5 Å². The zero-order chi connectivity index (χ0) is 14.5. The van der Waals surface area contributed by atoms with Crippen LogP contribution in [-0.4, -0.2) is 32.4 Å². The van der Waals surface area contributed by atoms with Crippen molar-refractivity contribution in [2.24, 2.45) is 0 Å². The van der Waals surface area contributed by atoms with Crippen molar-refractivity contribution < 1.29 is 23.1 Å². The Morgan fingerprint density at radius 1 is 1.40 bits per heavy atom. The lowest BCUT2D eigenvalue weighted by Crippen LogP contribution is -2.18. The average molecular weight is 324 g/mol. The minimum atomic E-state index is -4.55. The van der Waals surface area contributed by atoms with Crippen LogP contribution in [0.4, 0.5) is 13.2 Å². The van der Waals surface area contributed by atoms with Gasteiger partial charge in [0, 0.05) is 22.8 Å². The summed E-state index contributed by atoms with van der Waals surface area (Å²) in [4.78, 5) is 10.8. The number of rotatable bonds is 2. The SMILES string of the molecule is O=C(O)Cn1nc(C(F)(F)F)c2c1CCC21SCCS1. The van der Waals surface area contributed by atoms with Crippen LogP contribution in [0, 0.1) is 0 Å². The number of hydrogen-bond donors (Lipinski definition) is 1. The van der Waals surface area contributed by atoms with Crippen LogP contribution in [0.3, 0.4) is 0 Å². The van der Waals surface area contributed by atoms with E-state index in [1.54, 1.807) is 0 Å². The summed E-state index contributed by atoms with van der Waals surface area (Å²) < 4.78 is 40.0. The zero-order valence-electron chi connectivity index (χ0n) is 10.2. The molecule has 9 heteroatoms. The molecule has 1 aromatic heterocycles. The third-order valence-electron chi connectivity index (χ3n) is 3.44. The molecule has 0 atom stereocenters. The molecule has 20 heavy (non-hydrogen) atoms. The molecular weight excluding hydrogens is 313 g/mol. The first kappa shape index (κ1) is 14.1. The molecule has 1 saturated heterocycles. The first-order valence-corrected chi connectivity index (χ1v) is 7.98. The minimum absolute atomic E-state index is 0.207. The number of halogens is 3. The van der Waals surface area contributed by atoms with Gasteiger partial charge in [-0.25, -0.2) is 0 Å². The maximum atomic E-state index is 13.2. The van der Waals surface area contributed by atoms with E-state index in [0.29, 0.717) is 18.5 Å². The number of hydrogen-bond acceptors (Lipinski definition) is 4. The zero-order valence-corrected chi connectivity index (χ0v) is 11.9. The summed E-state index contributed by atoms with van der Waals surface area (Å²) in [6, 6.07) is 0. The Labute approximate surface area is 121 Å². The van der Waals surface area contributed by atoms with E-state index in [2.05, 4.69) is 5.10 Å². The summed E-state index contributed by atoms with van der Waals surface area (Å²) in [5, 5.41) is 12.4. The van der Waals surface area contributed by atoms with Crippen LogP contribution in [-0.2, 0) is 28.0 Å². The van der Waals surface area contributed by atoms with E-state index >= 15 is 0 Å².